The monoisotopic (exact) mass is 342 g/mol. The third-order valence-corrected chi connectivity index (χ3v) is 4.23. The van der Waals surface area contributed by atoms with Crippen LogP contribution in [0.5, 0.6) is 0 Å². The van der Waals surface area contributed by atoms with Crippen molar-refractivity contribution in [3.8, 4) is 0 Å². The van der Waals surface area contributed by atoms with Gasteiger partial charge in [-0.2, -0.15) is 0 Å². The summed E-state index contributed by atoms with van der Waals surface area (Å²) in [7, 11) is 0. The van der Waals surface area contributed by atoms with E-state index in [1.165, 1.54) is 0 Å². The van der Waals surface area contributed by atoms with Gasteiger partial charge in [0.15, 0.2) is 0 Å². The number of rotatable bonds is 5. The van der Waals surface area contributed by atoms with E-state index in [2.05, 4.69) is 4.98 Å². The van der Waals surface area contributed by atoms with Crippen LogP contribution in [0.25, 0.3) is 11.0 Å². The van der Waals surface area contributed by atoms with E-state index in [1.54, 1.807) is 6.33 Å². The minimum Gasteiger partial charge on any atom is -0.389 e. The van der Waals surface area contributed by atoms with E-state index in [-0.39, 0.29) is 18.8 Å². The molecule has 0 bridgehead atoms. The van der Waals surface area contributed by atoms with E-state index in [0.717, 1.165) is 45.1 Å². The van der Waals surface area contributed by atoms with Gasteiger partial charge in [-0.25, -0.2) is 4.98 Å². The van der Waals surface area contributed by atoms with Crippen LogP contribution in [0.2, 0.25) is 0 Å². The molecule has 0 saturated carbocycles. The largest absolute Gasteiger partial charge is 0.389 e. The molecule has 8 nitrogen and oxygen atoms in total. The standard InChI is InChI=1S/C17H18N4O4/c1-11-5-15-16(6-12(11)2)20(10-18-15)9-14(22)8-19-7-13(21(24)25)3-4-17(19)23/h3-7,10,14,22H,8-9H2,1-2H3. The second-order valence-electron chi connectivity index (χ2n) is 6.11. The first-order chi connectivity index (χ1) is 11.8. The number of hydrogen-bond acceptors (Lipinski definition) is 5. The van der Waals surface area contributed by atoms with Gasteiger partial charge in [-0.15, -0.1) is 0 Å². The molecular formula is C17H18N4O4. The van der Waals surface area contributed by atoms with Crippen molar-refractivity contribution in [3.05, 3.63) is 68.4 Å². The molecule has 8 heteroatoms. The fourth-order valence-electron chi connectivity index (χ4n) is 2.74. The molecule has 3 rings (SSSR count). The van der Waals surface area contributed by atoms with Crippen molar-refractivity contribution in [2.45, 2.75) is 33.0 Å². The Hall–Kier alpha value is -3.00. The number of aliphatic hydroxyl groups excluding tert-OH is 1. The highest BCUT2D eigenvalue weighted by Crippen LogP contribution is 2.19. The smallest absolute Gasteiger partial charge is 0.285 e. The van der Waals surface area contributed by atoms with Crippen LogP contribution in [0, 0.1) is 24.0 Å². The molecule has 1 aromatic carbocycles. The van der Waals surface area contributed by atoms with Gasteiger partial charge in [-0.05, 0) is 37.1 Å². The highest BCUT2D eigenvalue weighted by molar-refractivity contribution is 5.77. The summed E-state index contributed by atoms with van der Waals surface area (Å²) in [6.45, 7) is 4.21. The molecule has 1 atom stereocenters. The average molecular weight is 342 g/mol. The van der Waals surface area contributed by atoms with E-state index in [0.29, 0.717) is 0 Å². The van der Waals surface area contributed by atoms with Crippen LogP contribution in [0.3, 0.4) is 0 Å². The van der Waals surface area contributed by atoms with Crippen LogP contribution in [-0.4, -0.2) is 30.3 Å². The topological polar surface area (TPSA) is 103 Å². The summed E-state index contributed by atoms with van der Waals surface area (Å²) in [5, 5.41) is 21.2. The Morgan fingerprint density at radius 1 is 1.20 bits per heavy atom. The summed E-state index contributed by atoms with van der Waals surface area (Å²) in [5.41, 5.74) is 3.41. The van der Waals surface area contributed by atoms with Gasteiger partial charge in [-0.1, -0.05) is 0 Å². The Bertz CT molecular complexity index is 1010. The van der Waals surface area contributed by atoms with Crippen molar-refractivity contribution >= 4 is 16.7 Å². The molecule has 2 aromatic heterocycles. The number of nitrogens with zero attached hydrogens (tertiary/aromatic N) is 4. The first kappa shape index (κ1) is 16.8. The Morgan fingerprint density at radius 3 is 2.60 bits per heavy atom. The number of pyridine rings is 1. The second kappa shape index (κ2) is 6.48. The lowest BCUT2D eigenvalue weighted by atomic mass is 10.1. The summed E-state index contributed by atoms with van der Waals surface area (Å²) in [4.78, 5) is 26.4. The van der Waals surface area contributed by atoms with Gasteiger partial charge in [0.1, 0.15) is 0 Å². The predicted octanol–water partition coefficient (Wildman–Crippen LogP) is 1.78. The third kappa shape index (κ3) is 3.43. The summed E-state index contributed by atoms with van der Waals surface area (Å²) < 4.78 is 2.96. The zero-order valence-electron chi connectivity index (χ0n) is 13.9. The Balaban J connectivity index is 1.83. The molecule has 0 aliphatic carbocycles. The van der Waals surface area contributed by atoms with E-state index in [4.69, 9.17) is 0 Å². The molecule has 2 heterocycles. The van der Waals surface area contributed by atoms with Crippen LogP contribution in [0.4, 0.5) is 5.69 Å². The fourth-order valence-corrected chi connectivity index (χ4v) is 2.74. The minimum atomic E-state index is -0.890. The molecule has 0 spiro atoms. The number of aryl methyl sites for hydroxylation is 2. The van der Waals surface area contributed by atoms with E-state index in [1.807, 2.05) is 30.5 Å². The Morgan fingerprint density at radius 2 is 1.88 bits per heavy atom. The number of benzene rings is 1. The minimum absolute atomic E-state index is 0.0367. The summed E-state index contributed by atoms with van der Waals surface area (Å²) in [6.07, 6.45) is 1.90. The lowest BCUT2D eigenvalue weighted by Crippen LogP contribution is -2.28. The van der Waals surface area contributed by atoms with Crippen LogP contribution in [0.1, 0.15) is 11.1 Å². The molecule has 0 fully saturated rings. The van der Waals surface area contributed by atoms with E-state index >= 15 is 0 Å². The molecule has 130 valence electrons. The van der Waals surface area contributed by atoms with Crippen molar-refractivity contribution in [2.24, 2.45) is 0 Å². The molecule has 3 aromatic rings. The molecule has 1 N–H and O–H groups in total. The summed E-state index contributed by atoms with van der Waals surface area (Å²) >= 11 is 0. The number of aliphatic hydroxyl groups is 1. The van der Waals surface area contributed by atoms with Gasteiger partial charge < -0.3 is 14.2 Å². The average Bonchev–Trinajstić information content (AvgIpc) is 2.91. The Kier molecular flexibility index (Phi) is 4.37. The first-order valence-electron chi connectivity index (χ1n) is 7.80. The normalized spacial score (nSPS) is 12.4. The second-order valence-corrected chi connectivity index (χ2v) is 6.11. The van der Waals surface area contributed by atoms with E-state index in [9.17, 15) is 20.0 Å². The van der Waals surface area contributed by atoms with Crippen molar-refractivity contribution in [2.75, 3.05) is 0 Å². The molecular weight excluding hydrogens is 324 g/mol. The zero-order chi connectivity index (χ0) is 18.1. The van der Waals surface area contributed by atoms with Gasteiger partial charge in [0.2, 0.25) is 0 Å². The van der Waals surface area contributed by atoms with Crippen LogP contribution < -0.4 is 5.56 Å². The van der Waals surface area contributed by atoms with Gasteiger partial charge in [0, 0.05) is 12.1 Å². The molecule has 0 aliphatic heterocycles. The number of hydrogen-bond donors (Lipinski definition) is 1. The summed E-state index contributed by atoms with van der Waals surface area (Å²) in [5.74, 6) is 0. The molecule has 0 saturated heterocycles. The third-order valence-electron chi connectivity index (χ3n) is 4.23. The van der Waals surface area contributed by atoms with Crippen LogP contribution >= 0.6 is 0 Å². The highest BCUT2D eigenvalue weighted by Gasteiger charge is 2.13. The molecule has 0 aliphatic rings. The number of nitro groups is 1. The maximum atomic E-state index is 11.8. The maximum Gasteiger partial charge on any atom is 0.285 e. The van der Waals surface area contributed by atoms with Crippen molar-refractivity contribution < 1.29 is 10.0 Å². The SMILES string of the molecule is Cc1cc2ncn(CC(O)Cn3cc([N+](=O)[O-])ccc3=O)c2cc1C. The van der Waals surface area contributed by atoms with Gasteiger partial charge in [0.05, 0.1) is 47.7 Å². The lowest BCUT2D eigenvalue weighted by molar-refractivity contribution is -0.385. The first-order valence-corrected chi connectivity index (χ1v) is 7.80. The van der Waals surface area contributed by atoms with Crippen LogP contribution in [0.15, 0.2) is 41.6 Å². The van der Waals surface area contributed by atoms with Gasteiger partial charge >= 0.3 is 0 Å². The number of imidazole rings is 1. The molecule has 1 unspecified atom stereocenters. The number of fused-ring (bicyclic) bond motifs is 1. The molecule has 0 radical (unpaired) electrons. The van der Waals surface area contributed by atoms with Gasteiger partial charge in [0.25, 0.3) is 11.2 Å². The van der Waals surface area contributed by atoms with E-state index < -0.39 is 16.6 Å². The van der Waals surface area contributed by atoms with Crippen molar-refractivity contribution in [1.29, 1.82) is 0 Å². The maximum absolute atomic E-state index is 11.8. The fraction of sp³-hybridized carbons (Fsp3) is 0.294. The number of aromatic nitrogens is 3. The van der Waals surface area contributed by atoms with Gasteiger partial charge in [-0.3, -0.25) is 14.9 Å². The van der Waals surface area contributed by atoms with Crippen molar-refractivity contribution in [1.82, 2.24) is 14.1 Å². The highest BCUT2D eigenvalue weighted by atomic mass is 16.6. The Labute approximate surface area is 143 Å². The zero-order valence-corrected chi connectivity index (χ0v) is 13.9. The molecule has 25 heavy (non-hydrogen) atoms. The predicted molar refractivity (Wildman–Crippen MR) is 92.6 cm³/mol. The lowest BCUT2D eigenvalue weighted by Gasteiger charge is -2.14. The van der Waals surface area contributed by atoms with Crippen molar-refractivity contribution in [3.63, 3.8) is 0 Å². The summed E-state index contributed by atoms with van der Waals surface area (Å²) in [6, 6.07) is 6.27. The van der Waals surface area contributed by atoms with Crippen LogP contribution in [-0.2, 0) is 13.1 Å². The quantitative estimate of drug-likeness (QED) is 0.562. The molecule has 0 amide bonds.